The van der Waals surface area contributed by atoms with Crippen LogP contribution in [0.2, 0.25) is 5.02 Å². The van der Waals surface area contributed by atoms with Crippen LogP contribution in [0.1, 0.15) is 16.9 Å². The number of amides is 1. The van der Waals surface area contributed by atoms with Crippen molar-refractivity contribution in [2.75, 3.05) is 57.3 Å². The van der Waals surface area contributed by atoms with Gasteiger partial charge in [-0.05, 0) is 60.1 Å². The van der Waals surface area contributed by atoms with Crippen molar-refractivity contribution in [2.24, 2.45) is 0 Å². The van der Waals surface area contributed by atoms with Crippen LogP contribution >= 0.6 is 11.6 Å². The number of carbonyl (C=O) groups is 1. The van der Waals surface area contributed by atoms with Crippen LogP contribution < -0.4 is 10.2 Å². The lowest BCUT2D eigenvalue weighted by molar-refractivity contribution is 0.0691. The summed E-state index contributed by atoms with van der Waals surface area (Å²) in [7, 11) is -3.67. The van der Waals surface area contributed by atoms with Crippen molar-refractivity contribution >= 4 is 44.1 Å². The van der Waals surface area contributed by atoms with E-state index >= 15 is 0 Å². The van der Waals surface area contributed by atoms with Gasteiger partial charge in [0, 0.05) is 50.8 Å². The summed E-state index contributed by atoms with van der Waals surface area (Å²) < 4.78 is 27.9. The number of hydrogen-bond acceptors (Lipinski definition) is 7. The zero-order valence-electron chi connectivity index (χ0n) is 19.2. The summed E-state index contributed by atoms with van der Waals surface area (Å²) in [5, 5.41) is 14.1. The molecule has 0 unspecified atom stereocenters. The second-order valence-electron chi connectivity index (χ2n) is 8.72. The monoisotopic (exact) mass is 514 g/mol. The van der Waals surface area contributed by atoms with E-state index in [2.05, 4.69) is 20.4 Å². The largest absolute Gasteiger partial charge is 0.354 e. The van der Waals surface area contributed by atoms with E-state index in [1.807, 2.05) is 12.1 Å². The van der Waals surface area contributed by atoms with Gasteiger partial charge in [0.15, 0.2) is 11.5 Å². The number of carbonyl (C=O) groups excluding carboxylic acids is 1. The number of hydrogen-bond donors (Lipinski definition) is 1. The van der Waals surface area contributed by atoms with Gasteiger partial charge in [-0.2, -0.15) is 4.31 Å². The Hall–Kier alpha value is -2.79. The molecular weight excluding hydrogens is 488 g/mol. The van der Waals surface area contributed by atoms with Gasteiger partial charge in [0.25, 0.3) is 5.91 Å². The number of nitrogens with zero attached hydrogens (tertiary/aromatic N) is 5. The molecule has 3 heterocycles. The van der Waals surface area contributed by atoms with Gasteiger partial charge < -0.3 is 15.1 Å². The summed E-state index contributed by atoms with van der Waals surface area (Å²) >= 11 is 6.03. The highest BCUT2D eigenvalue weighted by atomic mass is 35.5. The Morgan fingerprint density at radius 1 is 0.857 bits per heavy atom. The van der Waals surface area contributed by atoms with Crippen LogP contribution in [0.15, 0.2) is 53.4 Å². The van der Waals surface area contributed by atoms with E-state index in [-0.39, 0.29) is 29.6 Å². The highest BCUT2D eigenvalue weighted by molar-refractivity contribution is 7.89. The molecule has 0 spiro atoms. The van der Waals surface area contributed by atoms with Crippen LogP contribution in [0.25, 0.3) is 10.8 Å². The van der Waals surface area contributed by atoms with Crippen LogP contribution in [-0.2, 0) is 10.0 Å². The first-order valence-corrected chi connectivity index (χ1v) is 13.5. The molecule has 5 rings (SSSR count). The number of sulfonamides is 1. The summed E-state index contributed by atoms with van der Waals surface area (Å²) in [4.78, 5) is 17.0. The third-order valence-electron chi connectivity index (χ3n) is 6.47. The molecule has 11 heteroatoms. The third kappa shape index (κ3) is 5.11. The summed E-state index contributed by atoms with van der Waals surface area (Å²) in [5.41, 5.74) is 0.270. The Labute approximate surface area is 209 Å². The molecule has 35 heavy (non-hydrogen) atoms. The highest BCUT2D eigenvalue weighted by Gasteiger charge is 2.31. The molecule has 2 fully saturated rings. The SMILES string of the molecule is O=C(c1ccc(N2CCCNCC2)nn1)N1CCN(S(=O)(=O)c2ccc3cc(Cl)ccc3c2)CC1. The van der Waals surface area contributed by atoms with Gasteiger partial charge in [0.2, 0.25) is 10.0 Å². The van der Waals surface area contributed by atoms with Gasteiger partial charge in [-0.15, -0.1) is 10.2 Å². The smallest absolute Gasteiger partial charge is 0.274 e. The first kappa shape index (κ1) is 23.9. The first-order valence-electron chi connectivity index (χ1n) is 11.7. The van der Waals surface area contributed by atoms with E-state index < -0.39 is 10.0 Å². The van der Waals surface area contributed by atoms with E-state index in [9.17, 15) is 13.2 Å². The molecule has 184 valence electrons. The number of benzene rings is 2. The standard InChI is InChI=1S/C24H27ClN6O3S/c25-20-4-2-19-17-21(5-3-18(19)16-20)35(33,34)31-14-12-30(13-15-31)24(32)22-6-7-23(28-27-22)29-10-1-8-26-9-11-29/h2-7,16-17,26H,1,8-15H2. The normalized spacial score (nSPS) is 18.0. The molecule has 1 N–H and O–H groups in total. The van der Waals surface area contributed by atoms with Gasteiger partial charge >= 0.3 is 0 Å². The molecule has 0 atom stereocenters. The van der Waals surface area contributed by atoms with Crippen LogP contribution in [0.4, 0.5) is 5.82 Å². The van der Waals surface area contributed by atoms with Crippen molar-refractivity contribution in [3.63, 3.8) is 0 Å². The molecule has 1 amide bonds. The molecule has 1 aromatic heterocycles. The first-order chi connectivity index (χ1) is 16.9. The number of halogens is 1. The molecule has 2 aliphatic rings. The second kappa shape index (κ2) is 10.1. The quantitative estimate of drug-likeness (QED) is 0.570. The van der Waals surface area contributed by atoms with E-state index in [4.69, 9.17) is 11.6 Å². The maximum atomic E-state index is 13.2. The fourth-order valence-corrected chi connectivity index (χ4v) is 6.12. The number of piperazine rings is 1. The minimum Gasteiger partial charge on any atom is -0.354 e. The second-order valence-corrected chi connectivity index (χ2v) is 11.1. The number of fused-ring (bicyclic) bond motifs is 1. The Balaban J connectivity index is 1.23. The third-order valence-corrected chi connectivity index (χ3v) is 8.60. The Bertz CT molecular complexity index is 1320. The number of nitrogens with one attached hydrogen (secondary N) is 1. The Morgan fingerprint density at radius 2 is 1.63 bits per heavy atom. The fourth-order valence-electron chi connectivity index (χ4n) is 4.48. The van der Waals surface area contributed by atoms with Gasteiger partial charge in [-0.1, -0.05) is 23.7 Å². The maximum Gasteiger partial charge on any atom is 0.274 e. The van der Waals surface area contributed by atoms with Crippen molar-refractivity contribution in [3.05, 3.63) is 59.2 Å². The molecular formula is C24H27ClN6O3S. The summed E-state index contributed by atoms with van der Waals surface area (Å²) in [6.07, 6.45) is 1.03. The molecule has 0 aliphatic carbocycles. The zero-order chi connectivity index (χ0) is 24.4. The van der Waals surface area contributed by atoms with Gasteiger partial charge in [0.05, 0.1) is 4.90 Å². The number of aromatic nitrogens is 2. The van der Waals surface area contributed by atoms with E-state index in [1.54, 1.807) is 41.3 Å². The lowest BCUT2D eigenvalue weighted by Gasteiger charge is -2.33. The molecule has 0 radical (unpaired) electrons. The maximum absolute atomic E-state index is 13.2. The molecule has 0 saturated carbocycles. The predicted molar refractivity (Wildman–Crippen MR) is 135 cm³/mol. The average Bonchev–Trinajstić information content (AvgIpc) is 3.18. The molecule has 0 bridgehead atoms. The van der Waals surface area contributed by atoms with Crippen molar-refractivity contribution in [1.82, 2.24) is 24.7 Å². The average molecular weight is 515 g/mol. The van der Waals surface area contributed by atoms with Gasteiger partial charge in [-0.3, -0.25) is 4.79 Å². The summed E-state index contributed by atoms with van der Waals surface area (Å²) in [6.45, 7) is 4.66. The minimum absolute atomic E-state index is 0.221. The molecule has 9 nitrogen and oxygen atoms in total. The molecule has 3 aromatic rings. The van der Waals surface area contributed by atoms with Gasteiger partial charge in [0.1, 0.15) is 0 Å². The molecule has 2 saturated heterocycles. The lowest BCUT2D eigenvalue weighted by atomic mass is 10.1. The van der Waals surface area contributed by atoms with Crippen molar-refractivity contribution < 1.29 is 13.2 Å². The van der Waals surface area contributed by atoms with E-state index in [0.717, 1.165) is 49.2 Å². The minimum atomic E-state index is -3.67. The zero-order valence-corrected chi connectivity index (χ0v) is 20.8. The summed E-state index contributed by atoms with van der Waals surface area (Å²) in [6, 6.07) is 13.9. The molecule has 2 aromatic carbocycles. The molecule has 2 aliphatic heterocycles. The number of rotatable bonds is 4. The fraction of sp³-hybridized carbons (Fsp3) is 0.375. The van der Waals surface area contributed by atoms with Crippen LogP contribution in [0, 0.1) is 0 Å². The topological polar surface area (TPSA) is 98.7 Å². The summed E-state index contributed by atoms with van der Waals surface area (Å²) in [5.74, 6) is 0.528. The Kier molecular flexibility index (Phi) is 6.88. The van der Waals surface area contributed by atoms with Crippen LogP contribution in [0.3, 0.4) is 0 Å². The Morgan fingerprint density at radius 3 is 2.40 bits per heavy atom. The van der Waals surface area contributed by atoms with Crippen LogP contribution in [0.5, 0.6) is 0 Å². The van der Waals surface area contributed by atoms with Gasteiger partial charge in [-0.25, -0.2) is 8.42 Å². The highest BCUT2D eigenvalue weighted by Crippen LogP contribution is 2.25. The van der Waals surface area contributed by atoms with Crippen molar-refractivity contribution in [1.29, 1.82) is 0 Å². The van der Waals surface area contributed by atoms with Crippen molar-refractivity contribution in [2.45, 2.75) is 11.3 Å². The van der Waals surface area contributed by atoms with E-state index in [1.165, 1.54) is 4.31 Å². The lowest BCUT2D eigenvalue weighted by Crippen LogP contribution is -2.50. The number of anilines is 1. The van der Waals surface area contributed by atoms with Crippen molar-refractivity contribution in [3.8, 4) is 0 Å². The van der Waals surface area contributed by atoms with Crippen LogP contribution in [-0.4, -0.2) is 86.1 Å². The predicted octanol–water partition coefficient (Wildman–Crippen LogP) is 2.23. The van der Waals surface area contributed by atoms with E-state index in [0.29, 0.717) is 18.1 Å².